The Hall–Kier alpha value is -2.04. The second kappa shape index (κ2) is 4.33. The van der Waals surface area contributed by atoms with E-state index >= 15 is 0 Å². The average molecular weight is 246 g/mol. The predicted octanol–water partition coefficient (Wildman–Crippen LogP) is 1.61. The number of rotatable bonds is 3. The van der Waals surface area contributed by atoms with Crippen molar-refractivity contribution in [2.45, 2.75) is 26.8 Å². The summed E-state index contributed by atoms with van der Waals surface area (Å²) in [4.78, 5) is 16.1. The van der Waals surface area contributed by atoms with Crippen molar-refractivity contribution in [3.63, 3.8) is 0 Å². The van der Waals surface area contributed by atoms with Gasteiger partial charge in [0.25, 0.3) is 0 Å². The van der Waals surface area contributed by atoms with E-state index in [0.717, 1.165) is 16.9 Å². The Kier molecular flexibility index (Phi) is 2.98. The minimum atomic E-state index is -0.390. The number of nitrogens with zero attached hydrogens (tertiary/aromatic N) is 2. The molecule has 0 bridgehead atoms. The van der Waals surface area contributed by atoms with Crippen LogP contribution in [0.25, 0.3) is 11.0 Å². The standard InChI is InChI=1S/C13H18N4O/c1-7(2)12(13(15)18)17-8(3)16-10-6-9(14)4-5-11(10)17/h4-7,12H,14H2,1-3H3,(H2,15,18). The van der Waals surface area contributed by atoms with E-state index in [9.17, 15) is 4.79 Å². The predicted molar refractivity (Wildman–Crippen MR) is 72.0 cm³/mol. The Morgan fingerprint density at radius 1 is 1.39 bits per heavy atom. The van der Waals surface area contributed by atoms with E-state index in [1.807, 2.05) is 31.4 Å². The van der Waals surface area contributed by atoms with Gasteiger partial charge in [-0.25, -0.2) is 4.98 Å². The number of hydrogen-bond acceptors (Lipinski definition) is 3. The Bertz CT molecular complexity index is 600. The number of imidazole rings is 1. The molecule has 18 heavy (non-hydrogen) atoms. The van der Waals surface area contributed by atoms with Crippen molar-refractivity contribution in [2.75, 3.05) is 5.73 Å². The molecule has 96 valence electrons. The molecule has 1 heterocycles. The smallest absolute Gasteiger partial charge is 0.240 e. The molecule has 0 aliphatic rings. The molecule has 2 rings (SSSR count). The monoisotopic (exact) mass is 246 g/mol. The molecule has 0 spiro atoms. The van der Waals surface area contributed by atoms with Gasteiger partial charge in [0.2, 0.25) is 5.91 Å². The Morgan fingerprint density at radius 3 is 2.61 bits per heavy atom. The van der Waals surface area contributed by atoms with E-state index < -0.39 is 6.04 Å². The molecule has 0 saturated heterocycles. The van der Waals surface area contributed by atoms with Crippen LogP contribution < -0.4 is 11.5 Å². The highest BCUT2D eigenvalue weighted by Crippen LogP contribution is 2.26. The normalized spacial score (nSPS) is 13.1. The van der Waals surface area contributed by atoms with E-state index in [0.29, 0.717) is 5.69 Å². The quantitative estimate of drug-likeness (QED) is 0.806. The number of fused-ring (bicyclic) bond motifs is 1. The van der Waals surface area contributed by atoms with Crippen molar-refractivity contribution in [2.24, 2.45) is 11.7 Å². The van der Waals surface area contributed by atoms with E-state index in [1.165, 1.54) is 0 Å². The summed E-state index contributed by atoms with van der Waals surface area (Å²) in [5.41, 5.74) is 13.6. The van der Waals surface area contributed by atoms with Crippen molar-refractivity contribution in [1.82, 2.24) is 9.55 Å². The summed E-state index contributed by atoms with van der Waals surface area (Å²) in [6, 6.07) is 5.09. The third-order valence-corrected chi connectivity index (χ3v) is 3.09. The van der Waals surface area contributed by atoms with Gasteiger partial charge in [0, 0.05) is 5.69 Å². The van der Waals surface area contributed by atoms with Crippen LogP contribution in [0.15, 0.2) is 18.2 Å². The van der Waals surface area contributed by atoms with E-state index in [4.69, 9.17) is 11.5 Å². The van der Waals surface area contributed by atoms with Crippen LogP contribution in [0.4, 0.5) is 5.69 Å². The van der Waals surface area contributed by atoms with Crippen molar-refractivity contribution < 1.29 is 4.79 Å². The first kappa shape index (κ1) is 12.4. The molecule has 2 aromatic rings. The number of benzene rings is 1. The van der Waals surface area contributed by atoms with E-state index in [1.54, 1.807) is 12.1 Å². The average Bonchev–Trinajstić information content (AvgIpc) is 2.54. The zero-order valence-electron chi connectivity index (χ0n) is 10.8. The van der Waals surface area contributed by atoms with Crippen molar-refractivity contribution in [3.8, 4) is 0 Å². The van der Waals surface area contributed by atoms with Gasteiger partial charge in [0.15, 0.2) is 0 Å². The second-order valence-corrected chi connectivity index (χ2v) is 4.87. The molecule has 0 radical (unpaired) electrons. The molecule has 1 atom stereocenters. The van der Waals surface area contributed by atoms with Crippen LogP contribution in [0.5, 0.6) is 0 Å². The lowest BCUT2D eigenvalue weighted by Crippen LogP contribution is -2.31. The summed E-state index contributed by atoms with van der Waals surface area (Å²) < 4.78 is 1.89. The Labute approximate surface area is 106 Å². The summed E-state index contributed by atoms with van der Waals surface area (Å²) in [5.74, 6) is 0.536. The van der Waals surface area contributed by atoms with Crippen LogP contribution >= 0.6 is 0 Å². The SMILES string of the molecule is Cc1nc2cc(N)ccc2n1C(C(N)=O)C(C)C. The Morgan fingerprint density at radius 2 is 2.06 bits per heavy atom. The highest BCUT2D eigenvalue weighted by atomic mass is 16.1. The van der Waals surface area contributed by atoms with Crippen LogP contribution in [0.2, 0.25) is 0 Å². The van der Waals surface area contributed by atoms with Crippen molar-refractivity contribution >= 4 is 22.6 Å². The number of carbonyl (C=O) groups excluding carboxylic acids is 1. The summed E-state index contributed by atoms with van der Waals surface area (Å²) in [5, 5.41) is 0. The summed E-state index contributed by atoms with van der Waals surface area (Å²) >= 11 is 0. The number of anilines is 1. The number of primary amides is 1. The number of amides is 1. The van der Waals surface area contributed by atoms with E-state index in [-0.39, 0.29) is 11.8 Å². The third kappa shape index (κ3) is 1.92. The zero-order valence-corrected chi connectivity index (χ0v) is 10.8. The molecule has 1 aromatic heterocycles. The van der Waals surface area contributed by atoms with Gasteiger partial charge < -0.3 is 16.0 Å². The number of aryl methyl sites for hydroxylation is 1. The van der Waals surface area contributed by atoms with Gasteiger partial charge in [-0.3, -0.25) is 4.79 Å². The minimum absolute atomic E-state index is 0.108. The lowest BCUT2D eigenvalue weighted by atomic mass is 10.0. The number of nitrogen functional groups attached to an aromatic ring is 1. The third-order valence-electron chi connectivity index (χ3n) is 3.09. The number of aromatic nitrogens is 2. The van der Waals surface area contributed by atoms with Gasteiger partial charge in [-0.05, 0) is 31.0 Å². The van der Waals surface area contributed by atoms with Crippen LogP contribution in [-0.4, -0.2) is 15.5 Å². The van der Waals surface area contributed by atoms with Gasteiger partial charge in [0.1, 0.15) is 11.9 Å². The lowest BCUT2D eigenvalue weighted by Gasteiger charge is -2.21. The molecule has 1 aromatic carbocycles. The van der Waals surface area contributed by atoms with Gasteiger partial charge >= 0.3 is 0 Å². The van der Waals surface area contributed by atoms with Crippen molar-refractivity contribution in [1.29, 1.82) is 0 Å². The molecule has 0 aliphatic carbocycles. The minimum Gasteiger partial charge on any atom is -0.399 e. The fourth-order valence-electron chi connectivity index (χ4n) is 2.34. The maximum absolute atomic E-state index is 11.7. The van der Waals surface area contributed by atoms with Gasteiger partial charge in [-0.15, -0.1) is 0 Å². The second-order valence-electron chi connectivity index (χ2n) is 4.87. The largest absolute Gasteiger partial charge is 0.399 e. The zero-order chi connectivity index (χ0) is 13.4. The summed E-state index contributed by atoms with van der Waals surface area (Å²) in [6.07, 6.45) is 0. The van der Waals surface area contributed by atoms with Crippen molar-refractivity contribution in [3.05, 3.63) is 24.0 Å². The molecule has 0 fully saturated rings. The summed E-state index contributed by atoms with van der Waals surface area (Å²) in [7, 11) is 0. The van der Waals surface area contributed by atoms with Gasteiger partial charge in [0.05, 0.1) is 11.0 Å². The maximum atomic E-state index is 11.7. The summed E-state index contributed by atoms with van der Waals surface area (Å²) in [6.45, 7) is 5.81. The highest BCUT2D eigenvalue weighted by molar-refractivity contribution is 5.84. The van der Waals surface area contributed by atoms with Crippen LogP contribution in [-0.2, 0) is 4.79 Å². The van der Waals surface area contributed by atoms with Crippen LogP contribution in [0.1, 0.15) is 25.7 Å². The molecule has 0 saturated carbocycles. The van der Waals surface area contributed by atoms with Gasteiger partial charge in [-0.2, -0.15) is 0 Å². The Balaban J connectivity index is 2.69. The number of nitrogens with two attached hydrogens (primary N) is 2. The molecule has 4 N–H and O–H groups in total. The molecular weight excluding hydrogens is 228 g/mol. The molecule has 1 amide bonds. The fraction of sp³-hybridized carbons (Fsp3) is 0.385. The number of hydrogen-bond donors (Lipinski definition) is 2. The first-order valence-electron chi connectivity index (χ1n) is 5.95. The molecule has 5 heteroatoms. The molecule has 5 nitrogen and oxygen atoms in total. The molecule has 0 aliphatic heterocycles. The highest BCUT2D eigenvalue weighted by Gasteiger charge is 2.25. The lowest BCUT2D eigenvalue weighted by molar-refractivity contribution is -0.122. The first-order valence-corrected chi connectivity index (χ1v) is 5.95. The topological polar surface area (TPSA) is 86.9 Å². The van der Waals surface area contributed by atoms with Crippen LogP contribution in [0.3, 0.4) is 0 Å². The van der Waals surface area contributed by atoms with Crippen LogP contribution in [0, 0.1) is 12.8 Å². The first-order chi connectivity index (χ1) is 8.41. The molecular formula is C13H18N4O. The van der Waals surface area contributed by atoms with Gasteiger partial charge in [-0.1, -0.05) is 13.8 Å². The maximum Gasteiger partial charge on any atom is 0.240 e. The van der Waals surface area contributed by atoms with E-state index in [2.05, 4.69) is 4.98 Å². The molecule has 1 unspecified atom stereocenters. The fourth-order valence-corrected chi connectivity index (χ4v) is 2.34. The number of carbonyl (C=O) groups is 1.